The summed E-state index contributed by atoms with van der Waals surface area (Å²) < 4.78 is 10.9. The number of hydrogen-bond acceptors (Lipinski definition) is 3. The maximum atomic E-state index is 11.7. The molecule has 0 unspecified atom stereocenters. The molecule has 1 aliphatic heterocycles. The standard InChI is InChI=1S/C18H26ClNO3/c1-3-22-18(21)15-7-10-20(11-8-15)9-4-12-23-17-13-14(2)5-6-16(17)19/h5-6,13,15H,3-4,7-12H2,1-2H3/p+1. The molecule has 0 bridgehead atoms. The second-order valence-electron chi connectivity index (χ2n) is 6.16. The van der Waals surface area contributed by atoms with Crippen LogP contribution < -0.4 is 9.64 Å². The van der Waals surface area contributed by atoms with E-state index in [0.29, 0.717) is 18.2 Å². The van der Waals surface area contributed by atoms with E-state index in [1.165, 1.54) is 0 Å². The number of hydrogen-bond donors (Lipinski definition) is 1. The summed E-state index contributed by atoms with van der Waals surface area (Å²) in [7, 11) is 0. The number of piperidine rings is 1. The minimum absolute atomic E-state index is 0.0241. The second-order valence-corrected chi connectivity index (χ2v) is 6.57. The summed E-state index contributed by atoms with van der Waals surface area (Å²) in [6.07, 6.45) is 2.85. The first kappa shape index (κ1) is 18.1. The van der Waals surface area contributed by atoms with Crippen molar-refractivity contribution in [3.63, 3.8) is 0 Å². The first-order valence-electron chi connectivity index (χ1n) is 8.49. The lowest BCUT2D eigenvalue weighted by Crippen LogP contribution is -3.13. The molecule has 0 atom stereocenters. The average molecular weight is 341 g/mol. The van der Waals surface area contributed by atoms with Crippen LogP contribution in [0.25, 0.3) is 0 Å². The fourth-order valence-electron chi connectivity index (χ4n) is 3.00. The zero-order valence-electron chi connectivity index (χ0n) is 14.1. The lowest BCUT2D eigenvalue weighted by Gasteiger charge is -2.28. The summed E-state index contributed by atoms with van der Waals surface area (Å²) in [5, 5.41) is 0.665. The number of carbonyl (C=O) groups excluding carboxylic acids is 1. The zero-order valence-corrected chi connectivity index (χ0v) is 14.8. The van der Waals surface area contributed by atoms with Gasteiger partial charge < -0.3 is 14.4 Å². The third-order valence-corrected chi connectivity index (χ3v) is 4.64. The van der Waals surface area contributed by atoms with Gasteiger partial charge in [0.25, 0.3) is 0 Å². The molecule has 23 heavy (non-hydrogen) atoms. The number of likely N-dealkylation sites (tertiary alicyclic amines) is 1. The fraction of sp³-hybridized carbons (Fsp3) is 0.611. The van der Waals surface area contributed by atoms with E-state index in [-0.39, 0.29) is 11.9 Å². The molecule has 5 heteroatoms. The summed E-state index contributed by atoms with van der Waals surface area (Å²) in [5.41, 5.74) is 1.15. The van der Waals surface area contributed by atoms with Crippen LogP contribution in [0.4, 0.5) is 0 Å². The van der Waals surface area contributed by atoms with Crippen LogP contribution in [0.1, 0.15) is 31.7 Å². The van der Waals surface area contributed by atoms with Gasteiger partial charge in [0.05, 0.1) is 43.8 Å². The lowest BCUT2D eigenvalue weighted by molar-refractivity contribution is -0.906. The molecule has 0 aliphatic carbocycles. The molecule has 1 fully saturated rings. The summed E-state index contributed by atoms with van der Waals surface area (Å²) in [4.78, 5) is 13.3. The van der Waals surface area contributed by atoms with Crippen LogP contribution in [0.15, 0.2) is 18.2 Å². The van der Waals surface area contributed by atoms with E-state index >= 15 is 0 Å². The van der Waals surface area contributed by atoms with Crippen molar-refractivity contribution in [2.24, 2.45) is 5.92 Å². The van der Waals surface area contributed by atoms with Gasteiger partial charge in [0, 0.05) is 19.3 Å². The summed E-state index contributed by atoms with van der Waals surface area (Å²) in [6.45, 7) is 8.18. The number of esters is 1. The number of halogens is 1. The predicted molar refractivity (Wildman–Crippen MR) is 91.2 cm³/mol. The zero-order chi connectivity index (χ0) is 16.7. The van der Waals surface area contributed by atoms with Gasteiger partial charge in [-0.3, -0.25) is 4.79 Å². The van der Waals surface area contributed by atoms with E-state index in [9.17, 15) is 4.79 Å². The third kappa shape index (κ3) is 5.70. The number of quaternary nitrogens is 1. The molecule has 1 aromatic rings. The molecule has 128 valence electrons. The molecule has 2 rings (SSSR count). The Morgan fingerprint density at radius 3 is 2.78 bits per heavy atom. The first-order valence-corrected chi connectivity index (χ1v) is 8.87. The maximum absolute atomic E-state index is 11.7. The van der Waals surface area contributed by atoms with Crippen molar-refractivity contribution in [3.8, 4) is 5.75 Å². The Kier molecular flexibility index (Phi) is 7.18. The Morgan fingerprint density at radius 2 is 2.09 bits per heavy atom. The normalized spacial score (nSPS) is 21.0. The molecule has 0 radical (unpaired) electrons. The summed E-state index contributed by atoms with van der Waals surface area (Å²) >= 11 is 6.12. The molecule has 1 aliphatic rings. The van der Waals surface area contributed by atoms with Gasteiger partial charge in [0.15, 0.2) is 0 Å². The number of nitrogens with one attached hydrogen (secondary N) is 1. The van der Waals surface area contributed by atoms with Gasteiger partial charge in [0.2, 0.25) is 0 Å². The van der Waals surface area contributed by atoms with E-state index in [0.717, 1.165) is 50.2 Å². The average Bonchev–Trinajstić information content (AvgIpc) is 2.55. The van der Waals surface area contributed by atoms with Crippen LogP contribution in [0.5, 0.6) is 5.75 Å². The molecular weight excluding hydrogens is 314 g/mol. The van der Waals surface area contributed by atoms with Crippen LogP contribution in [-0.2, 0) is 9.53 Å². The van der Waals surface area contributed by atoms with E-state index in [1.807, 2.05) is 32.0 Å². The molecule has 1 heterocycles. The molecule has 0 spiro atoms. The van der Waals surface area contributed by atoms with Crippen molar-refractivity contribution < 1.29 is 19.2 Å². The van der Waals surface area contributed by atoms with Crippen LogP contribution >= 0.6 is 11.6 Å². The lowest BCUT2D eigenvalue weighted by atomic mass is 9.97. The van der Waals surface area contributed by atoms with Gasteiger partial charge in [0.1, 0.15) is 5.75 Å². The predicted octanol–water partition coefficient (Wildman–Crippen LogP) is 2.28. The first-order chi connectivity index (χ1) is 11.1. The smallest absolute Gasteiger partial charge is 0.309 e. The van der Waals surface area contributed by atoms with Crippen molar-refractivity contribution >= 4 is 17.6 Å². The molecule has 0 saturated carbocycles. The van der Waals surface area contributed by atoms with E-state index in [1.54, 1.807) is 4.90 Å². The Morgan fingerprint density at radius 1 is 1.35 bits per heavy atom. The maximum Gasteiger partial charge on any atom is 0.309 e. The van der Waals surface area contributed by atoms with Crippen LogP contribution in [0.3, 0.4) is 0 Å². The number of ether oxygens (including phenoxy) is 2. The van der Waals surface area contributed by atoms with Gasteiger partial charge in [-0.15, -0.1) is 0 Å². The Hall–Kier alpha value is -1.26. The van der Waals surface area contributed by atoms with Gasteiger partial charge in [-0.25, -0.2) is 0 Å². The molecule has 0 amide bonds. The highest BCUT2D eigenvalue weighted by molar-refractivity contribution is 6.32. The number of carbonyl (C=O) groups is 1. The van der Waals surface area contributed by atoms with Gasteiger partial charge in [-0.1, -0.05) is 17.7 Å². The number of aryl methyl sites for hydroxylation is 1. The van der Waals surface area contributed by atoms with Crippen molar-refractivity contribution in [3.05, 3.63) is 28.8 Å². The van der Waals surface area contributed by atoms with Crippen LogP contribution in [0, 0.1) is 12.8 Å². The largest absolute Gasteiger partial charge is 0.492 e. The Bertz CT molecular complexity index is 513. The highest BCUT2D eigenvalue weighted by Crippen LogP contribution is 2.25. The van der Waals surface area contributed by atoms with E-state index in [4.69, 9.17) is 21.1 Å². The highest BCUT2D eigenvalue weighted by Gasteiger charge is 2.27. The Labute approximate surface area is 143 Å². The third-order valence-electron chi connectivity index (χ3n) is 4.33. The summed E-state index contributed by atoms with van der Waals surface area (Å²) in [6, 6.07) is 5.82. The molecule has 4 nitrogen and oxygen atoms in total. The molecule has 0 aromatic heterocycles. The topological polar surface area (TPSA) is 40.0 Å². The van der Waals surface area contributed by atoms with Gasteiger partial charge >= 0.3 is 5.97 Å². The minimum Gasteiger partial charge on any atom is -0.492 e. The monoisotopic (exact) mass is 340 g/mol. The van der Waals surface area contributed by atoms with Crippen molar-refractivity contribution in [1.29, 1.82) is 0 Å². The van der Waals surface area contributed by atoms with Crippen LogP contribution in [0.2, 0.25) is 5.02 Å². The van der Waals surface area contributed by atoms with Crippen LogP contribution in [-0.4, -0.2) is 38.8 Å². The van der Waals surface area contributed by atoms with Crippen molar-refractivity contribution in [1.82, 2.24) is 0 Å². The van der Waals surface area contributed by atoms with Gasteiger partial charge in [-0.2, -0.15) is 0 Å². The van der Waals surface area contributed by atoms with E-state index < -0.39 is 0 Å². The molecule has 1 aromatic carbocycles. The molecule has 1 N–H and O–H groups in total. The molecule has 1 saturated heterocycles. The van der Waals surface area contributed by atoms with E-state index in [2.05, 4.69) is 0 Å². The number of rotatable bonds is 7. The number of benzene rings is 1. The SMILES string of the molecule is CCOC(=O)C1CC[NH+](CCCOc2cc(C)ccc2Cl)CC1. The highest BCUT2D eigenvalue weighted by atomic mass is 35.5. The van der Waals surface area contributed by atoms with Crippen molar-refractivity contribution in [2.75, 3.05) is 32.8 Å². The quantitative estimate of drug-likeness (QED) is 0.611. The fourth-order valence-corrected chi connectivity index (χ4v) is 3.17. The Balaban J connectivity index is 1.64. The summed E-state index contributed by atoms with van der Waals surface area (Å²) in [5.74, 6) is 0.840. The van der Waals surface area contributed by atoms with Gasteiger partial charge in [-0.05, 0) is 31.5 Å². The second kappa shape index (κ2) is 9.14. The van der Waals surface area contributed by atoms with Crippen molar-refractivity contribution in [2.45, 2.75) is 33.1 Å². The minimum atomic E-state index is -0.0241. The molecular formula is C18H27ClNO3+.